The summed E-state index contributed by atoms with van der Waals surface area (Å²) < 4.78 is 5.02. The van der Waals surface area contributed by atoms with Crippen LogP contribution in [0.15, 0.2) is 34.4 Å². The first-order valence-electron chi connectivity index (χ1n) is 5.29. The molecule has 0 fully saturated rings. The Morgan fingerprint density at radius 1 is 1.47 bits per heavy atom. The van der Waals surface area contributed by atoms with Crippen molar-refractivity contribution in [2.24, 2.45) is 0 Å². The molecule has 0 radical (unpaired) electrons. The first-order chi connectivity index (χ1) is 9.24. The topological polar surface area (TPSA) is 97.1 Å². The van der Waals surface area contributed by atoms with Crippen LogP contribution in [0, 0.1) is 0 Å². The average Bonchev–Trinajstić information content (AvgIpc) is 3.06. The lowest BCUT2D eigenvalue weighted by molar-refractivity contribution is -0.121. The van der Waals surface area contributed by atoms with Gasteiger partial charge in [-0.25, -0.2) is 0 Å². The molecule has 2 N–H and O–H groups in total. The summed E-state index contributed by atoms with van der Waals surface area (Å²) in [5.74, 6) is -0.186. The lowest BCUT2D eigenvalue weighted by Crippen LogP contribution is -2.31. The highest BCUT2D eigenvalue weighted by Gasteiger charge is 2.05. The Balaban J connectivity index is 1.73. The molecule has 0 bridgehead atoms. The van der Waals surface area contributed by atoms with Crippen LogP contribution in [0.4, 0.5) is 5.13 Å². The number of carbonyl (C=O) groups excluding carboxylic acids is 2. The quantitative estimate of drug-likeness (QED) is 0.792. The van der Waals surface area contributed by atoms with Crippen LogP contribution in [0.3, 0.4) is 0 Å². The molecule has 0 saturated heterocycles. The third-order valence-corrected chi connectivity index (χ3v) is 2.58. The fraction of sp³-hybridized carbons (Fsp3) is 0.0909. The summed E-state index contributed by atoms with van der Waals surface area (Å²) in [7, 11) is 0. The van der Waals surface area contributed by atoms with E-state index in [0.29, 0.717) is 10.9 Å². The summed E-state index contributed by atoms with van der Waals surface area (Å²) in [6, 6.07) is 3.43. The molecular weight excluding hydrogens is 268 g/mol. The predicted octanol–water partition coefficient (Wildman–Crippen LogP) is 0.899. The van der Waals surface area contributed by atoms with Gasteiger partial charge in [-0.3, -0.25) is 14.9 Å². The molecule has 2 rings (SSSR count). The number of nitrogens with one attached hydrogen (secondary N) is 2. The molecule has 19 heavy (non-hydrogen) atoms. The second-order valence-electron chi connectivity index (χ2n) is 3.36. The highest BCUT2D eigenvalue weighted by atomic mass is 32.1. The van der Waals surface area contributed by atoms with Gasteiger partial charge in [-0.1, -0.05) is 11.3 Å². The first-order valence-corrected chi connectivity index (χ1v) is 6.17. The zero-order chi connectivity index (χ0) is 13.5. The van der Waals surface area contributed by atoms with Gasteiger partial charge in [0.15, 0.2) is 0 Å². The summed E-state index contributed by atoms with van der Waals surface area (Å²) in [6.45, 7) is -0.138. The normalized spacial score (nSPS) is 10.5. The van der Waals surface area contributed by atoms with E-state index >= 15 is 0 Å². The van der Waals surface area contributed by atoms with E-state index in [1.54, 1.807) is 12.1 Å². The summed E-state index contributed by atoms with van der Waals surface area (Å²) in [6.07, 6.45) is 4.31. The van der Waals surface area contributed by atoms with Crippen molar-refractivity contribution in [3.63, 3.8) is 0 Å². The van der Waals surface area contributed by atoms with Crippen LogP contribution in [-0.2, 0) is 9.59 Å². The number of aromatic nitrogens is 2. The Bertz CT molecular complexity index is 563. The lowest BCUT2D eigenvalue weighted by Gasteiger charge is -2.01. The zero-order valence-corrected chi connectivity index (χ0v) is 10.5. The molecule has 0 aliphatic carbocycles. The summed E-state index contributed by atoms with van der Waals surface area (Å²) >= 11 is 1.20. The van der Waals surface area contributed by atoms with Crippen molar-refractivity contribution in [2.45, 2.75) is 0 Å². The SMILES string of the molecule is O=C(C=Cc1ccco1)NCC(=O)Nc1nncs1. The predicted molar refractivity (Wildman–Crippen MR) is 69.3 cm³/mol. The first kappa shape index (κ1) is 13.0. The number of furan rings is 1. The molecule has 7 nitrogen and oxygen atoms in total. The Hall–Kier alpha value is -2.48. The van der Waals surface area contributed by atoms with Crippen molar-refractivity contribution < 1.29 is 14.0 Å². The van der Waals surface area contributed by atoms with Gasteiger partial charge in [-0.15, -0.1) is 10.2 Å². The lowest BCUT2D eigenvalue weighted by atomic mass is 10.4. The number of amides is 2. The van der Waals surface area contributed by atoms with Gasteiger partial charge in [0.25, 0.3) is 0 Å². The van der Waals surface area contributed by atoms with Gasteiger partial charge >= 0.3 is 0 Å². The van der Waals surface area contributed by atoms with E-state index in [4.69, 9.17) is 4.42 Å². The molecule has 0 spiro atoms. The molecule has 2 heterocycles. The van der Waals surface area contributed by atoms with Crippen molar-refractivity contribution in [1.82, 2.24) is 15.5 Å². The molecule has 0 unspecified atom stereocenters. The van der Waals surface area contributed by atoms with Crippen LogP contribution < -0.4 is 10.6 Å². The van der Waals surface area contributed by atoms with E-state index in [0.717, 1.165) is 0 Å². The van der Waals surface area contributed by atoms with Gasteiger partial charge in [0.2, 0.25) is 16.9 Å². The van der Waals surface area contributed by atoms with Crippen LogP contribution in [0.2, 0.25) is 0 Å². The van der Waals surface area contributed by atoms with Crippen molar-refractivity contribution in [2.75, 3.05) is 11.9 Å². The van der Waals surface area contributed by atoms with E-state index in [1.807, 2.05) is 0 Å². The van der Waals surface area contributed by atoms with Crippen LogP contribution in [0.5, 0.6) is 0 Å². The van der Waals surface area contributed by atoms with Crippen molar-refractivity contribution in [3.8, 4) is 0 Å². The summed E-state index contributed by atoms with van der Waals surface area (Å²) in [5.41, 5.74) is 1.50. The molecule has 2 aromatic heterocycles. The maximum absolute atomic E-state index is 11.4. The smallest absolute Gasteiger partial charge is 0.245 e. The van der Waals surface area contributed by atoms with E-state index in [2.05, 4.69) is 20.8 Å². The molecule has 0 aromatic carbocycles. The van der Waals surface area contributed by atoms with Crippen LogP contribution in [-0.4, -0.2) is 28.6 Å². The van der Waals surface area contributed by atoms with E-state index in [-0.39, 0.29) is 18.4 Å². The third-order valence-electron chi connectivity index (χ3n) is 1.97. The van der Waals surface area contributed by atoms with E-state index in [9.17, 15) is 9.59 Å². The Kier molecular flexibility index (Phi) is 4.40. The Morgan fingerprint density at radius 3 is 3.05 bits per heavy atom. The van der Waals surface area contributed by atoms with Crippen molar-refractivity contribution in [3.05, 3.63) is 35.7 Å². The summed E-state index contributed by atoms with van der Waals surface area (Å²) in [5, 5.41) is 12.5. The summed E-state index contributed by atoms with van der Waals surface area (Å²) in [4.78, 5) is 22.8. The van der Waals surface area contributed by atoms with E-state index < -0.39 is 0 Å². The molecule has 98 valence electrons. The zero-order valence-electron chi connectivity index (χ0n) is 9.70. The van der Waals surface area contributed by atoms with Crippen molar-refractivity contribution >= 4 is 34.4 Å². The third kappa shape index (κ3) is 4.36. The molecular formula is C11H10N4O3S. The second-order valence-corrected chi connectivity index (χ2v) is 4.19. The molecule has 8 heteroatoms. The fourth-order valence-corrected chi connectivity index (χ4v) is 1.62. The maximum Gasteiger partial charge on any atom is 0.245 e. The van der Waals surface area contributed by atoms with Crippen molar-refractivity contribution in [1.29, 1.82) is 0 Å². The monoisotopic (exact) mass is 278 g/mol. The molecule has 0 saturated carbocycles. The number of hydrogen-bond donors (Lipinski definition) is 2. The maximum atomic E-state index is 11.4. The van der Waals surface area contributed by atoms with Gasteiger partial charge < -0.3 is 9.73 Å². The minimum Gasteiger partial charge on any atom is -0.465 e. The minimum atomic E-state index is -0.385. The molecule has 2 aromatic rings. The van der Waals surface area contributed by atoms with Gasteiger partial charge in [0.1, 0.15) is 11.3 Å². The number of nitrogens with zero attached hydrogens (tertiary/aromatic N) is 2. The highest BCUT2D eigenvalue weighted by Crippen LogP contribution is 2.06. The van der Waals surface area contributed by atoms with Crippen LogP contribution in [0.25, 0.3) is 6.08 Å². The second kappa shape index (κ2) is 6.45. The molecule has 0 atom stereocenters. The molecule has 0 aliphatic rings. The number of anilines is 1. The average molecular weight is 278 g/mol. The Labute approximate surface area is 112 Å². The van der Waals surface area contributed by atoms with Gasteiger partial charge in [0.05, 0.1) is 12.8 Å². The van der Waals surface area contributed by atoms with Crippen LogP contribution >= 0.6 is 11.3 Å². The fourth-order valence-electron chi connectivity index (χ4n) is 1.16. The van der Waals surface area contributed by atoms with E-state index in [1.165, 1.54) is 35.3 Å². The number of rotatable bonds is 5. The van der Waals surface area contributed by atoms with Gasteiger partial charge in [-0.2, -0.15) is 0 Å². The minimum absolute atomic E-state index is 0.138. The molecule has 2 amide bonds. The largest absolute Gasteiger partial charge is 0.465 e. The van der Waals surface area contributed by atoms with Gasteiger partial charge in [0, 0.05) is 6.08 Å². The number of carbonyl (C=O) groups is 2. The molecule has 0 aliphatic heterocycles. The van der Waals surface area contributed by atoms with Gasteiger partial charge in [-0.05, 0) is 18.2 Å². The highest BCUT2D eigenvalue weighted by molar-refractivity contribution is 7.13. The number of hydrogen-bond acceptors (Lipinski definition) is 6. The van der Waals surface area contributed by atoms with Crippen LogP contribution in [0.1, 0.15) is 5.76 Å². The standard InChI is InChI=1S/C11H10N4O3S/c16-9(4-3-8-2-1-5-18-8)12-6-10(17)14-11-15-13-7-19-11/h1-5,7H,6H2,(H,12,16)(H,14,15,17). The Morgan fingerprint density at radius 2 is 2.37 bits per heavy atom.